The van der Waals surface area contributed by atoms with Crippen LogP contribution in [0.2, 0.25) is 0 Å². The van der Waals surface area contributed by atoms with Crippen molar-refractivity contribution in [3.8, 4) is 0 Å². The van der Waals surface area contributed by atoms with Crippen LogP contribution in [0.3, 0.4) is 0 Å². The number of nitrogens with zero attached hydrogens (tertiary/aromatic N) is 7. The number of rotatable bonds is 8. The molecule has 11 nitrogen and oxygen atoms in total. The quantitative estimate of drug-likeness (QED) is 0.248. The number of hydrogen-bond acceptors (Lipinski definition) is 9. The van der Waals surface area contributed by atoms with E-state index in [9.17, 15) is 14.4 Å². The zero-order chi connectivity index (χ0) is 42.5. The number of nitrogens with one attached hydrogen (secondary N) is 1. The second-order valence-electron chi connectivity index (χ2n) is 21.1. The van der Waals surface area contributed by atoms with Gasteiger partial charge in [0.15, 0.2) is 0 Å². The van der Waals surface area contributed by atoms with Gasteiger partial charge in [0.25, 0.3) is 5.91 Å². The topological polar surface area (TPSA) is 105 Å². The molecule has 11 rings (SSSR count). The van der Waals surface area contributed by atoms with Gasteiger partial charge in [0, 0.05) is 82.6 Å². The summed E-state index contributed by atoms with van der Waals surface area (Å²) >= 11 is 0. The highest BCUT2D eigenvalue weighted by Gasteiger charge is 2.50. The van der Waals surface area contributed by atoms with E-state index in [1.807, 2.05) is 18.5 Å². The Bertz CT molecular complexity index is 2310. The van der Waals surface area contributed by atoms with Crippen molar-refractivity contribution in [2.45, 2.75) is 115 Å². The second kappa shape index (κ2) is 15.0. The van der Waals surface area contributed by atoms with Crippen LogP contribution in [0.25, 0.3) is 5.57 Å². The minimum atomic E-state index is -1.31. The average Bonchev–Trinajstić information content (AvgIpc) is 3.76. The van der Waals surface area contributed by atoms with E-state index in [1.165, 1.54) is 80.4 Å². The summed E-state index contributed by atoms with van der Waals surface area (Å²) in [5.41, 5.74) is 8.83. The number of benzene rings is 2. The molecule has 2 spiro atoms. The Kier molecular flexibility index (Phi) is 9.68. The first-order valence-corrected chi connectivity index (χ1v) is 23.4. The lowest BCUT2D eigenvalue weighted by atomic mass is 9.57. The number of carbonyl (C=O) groups is 3. The molecule has 12 heteroatoms. The van der Waals surface area contributed by atoms with Gasteiger partial charge >= 0.3 is 0 Å². The lowest BCUT2D eigenvalue weighted by molar-refractivity contribution is -0.136. The highest BCUT2D eigenvalue weighted by atomic mass is 19.1. The molecule has 3 aromatic rings. The first-order valence-electron chi connectivity index (χ1n) is 23.4. The molecule has 5 fully saturated rings. The van der Waals surface area contributed by atoms with Crippen LogP contribution in [-0.4, -0.2) is 112 Å². The molecule has 3 amide bonds. The van der Waals surface area contributed by atoms with Crippen molar-refractivity contribution in [2.75, 3.05) is 62.2 Å². The normalized spacial score (nSPS) is 27.3. The Morgan fingerprint density at radius 3 is 2.34 bits per heavy atom. The maximum Gasteiger partial charge on any atom is 0.255 e. The number of piperidine rings is 3. The largest absolute Gasteiger partial charge is 0.371 e. The number of hydrogen-bond donors (Lipinski definition) is 1. The van der Waals surface area contributed by atoms with Crippen molar-refractivity contribution in [1.29, 1.82) is 0 Å². The van der Waals surface area contributed by atoms with Crippen molar-refractivity contribution < 1.29 is 18.8 Å². The van der Waals surface area contributed by atoms with Crippen LogP contribution in [0.15, 0.2) is 60.4 Å². The summed E-state index contributed by atoms with van der Waals surface area (Å²) in [6, 6.07) is 14.4. The third kappa shape index (κ3) is 7.13. The fourth-order valence-corrected chi connectivity index (χ4v) is 13.1. The predicted octanol–water partition coefficient (Wildman–Crippen LogP) is 6.73. The summed E-state index contributed by atoms with van der Waals surface area (Å²) in [5.74, 6) is 1.02. The number of imide groups is 1. The maximum absolute atomic E-state index is 15.3. The van der Waals surface area contributed by atoms with E-state index in [2.05, 4.69) is 68.2 Å². The number of carbonyl (C=O) groups excluding carboxylic acids is 3. The van der Waals surface area contributed by atoms with Crippen LogP contribution >= 0.6 is 0 Å². The van der Waals surface area contributed by atoms with Crippen molar-refractivity contribution in [2.24, 2.45) is 16.7 Å². The number of aromatic nitrogens is 2. The van der Waals surface area contributed by atoms with Gasteiger partial charge in [-0.1, -0.05) is 24.3 Å². The van der Waals surface area contributed by atoms with Gasteiger partial charge < -0.3 is 19.6 Å². The third-order valence-electron chi connectivity index (χ3n) is 16.3. The molecule has 8 aliphatic rings. The molecule has 0 bridgehead atoms. The number of halogens is 1. The van der Waals surface area contributed by atoms with Gasteiger partial charge in [0.2, 0.25) is 11.8 Å². The first kappa shape index (κ1) is 40.1. The van der Waals surface area contributed by atoms with Crippen LogP contribution in [0.1, 0.15) is 117 Å². The first-order chi connectivity index (χ1) is 29.8. The summed E-state index contributed by atoms with van der Waals surface area (Å²) in [4.78, 5) is 59.1. The highest BCUT2D eigenvalue weighted by molar-refractivity contribution is 6.05. The number of fused-ring (bicyclic) bond motifs is 3. The summed E-state index contributed by atoms with van der Waals surface area (Å²) in [6.45, 7) is 14.1. The molecule has 3 atom stereocenters. The standard InChI is InChI=1S/C50H61FN8O3/c1-32-20-39-37-7-5-4-6-34(37)22-40(39)45(59(32)29-48(2,3)51)41-25-53-43(26-52-41)57-18-12-49(13-19-57)23-33(24-49)27-55-30-50(31-55)14-16-56(17-15-50)36-8-9-38-35(21-36)28-58(47(38)62)42-10-11-44(60)54-46(42)61/h4-9,21,25-26,32-33,42,45H,10-20,22-24,27-31H2,1-3H3,(H,54,60,61)/t32-,42?,45+/m1/s1. The van der Waals surface area contributed by atoms with Crippen molar-refractivity contribution in [3.63, 3.8) is 0 Å². The molecule has 2 aromatic carbocycles. The second-order valence-corrected chi connectivity index (χ2v) is 21.1. The van der Waals surface area contributed by atoms with E-state index >= 15 is 4.39 Å². The molecule has 1 unspecified atom stereocenters. The highest BCUT2D eigenvalue weighted by Crippen LogP contribution is 2.54. The number of amides is 3. The minimum absolute atomic E-state index is 0.0733. The van der Waals surface area contributed by atoms with E-state index in [0.29, 0.717) is 35.9 Å². The van der Waals surface area contributed by atoms with Gasteiger partial charge in [-0.15, -0.1) is 0 Å². The van der Waals surface area contributed by atoms with E-state index in [4.69, 9.17) is 9.97 Å². The van der Waals surface area contributed by atoms with Crippen LogP contribution in [0, 0.1) is 16.7 Å². The SMILES string of the molecule is C[C@@H]1CC2=C(Cc3ccccc32)[C@@H](c2cnc(N3CCC4(CC3)CC(CN3CC5(CCN(c6ccc7c(c6)CN(C6CCC(=O)NC6=O)C7=O)CC5)C3)C4)cn2)N1CC(C)(C)F. The summed E-state index contributed by atoms with van der Waals surface area (Å²) in [5, 5.41) is 2.40. The van der Waals surface area contributed by atoms with Crippen LogP contribution in [0.4, 0.5) is 15.9 Å². The van der Waals surface area contributed by atoms with Gasteiger partial charge in [-0.2, -0.15) is 0 Å². The molecule has 2 aliphatic carbocycles. The smallest absolute Gasteiger partial charge is 0.255 e. The molecule has 1 aromatic heterocycles. The van der Waals surface area contributed by atoms with Gasteiger partial charge in [0.05, 0.1) is 24.1 Å². The summed E-state index contributed by atoms with van der Waals surface area (Å²) < 4.78 is 15.3. The zero-order valence-electron chi connectivity index (χ0n) is 36.7. The van der Waals surface area contributed by atoms with Gasteiger partial charge in [-0.3, -0.25) is 29.6 Å². The molecule has 0 radical (unpaired) electrons. The van der Waals surface area contributed by atoms with Crippen LogP contribution in [-0.2, 0) is 22.6 Å². The van der Waals surface area contributed by atoms with Crippen LogP contribution in [0.5, 0.6) is 0 Å². The molecular formula is C50H61FN8O3. The van der Waals surface area contributed by atoms with Crippen molar-refractivity contribution >= 4 is 34.8 Å². The number of alkyl halides is 1. The summed E-state index contributed by atoms with van der Waals surface area (Å²) in [7, 11) is 0. The lowest BCUT2D eigenvalue weighted by Crippen LogP contribution is -2.62. The third-order valence-corrected chi connectivity index (χ3v) is 16.3. The summed E-state index contributed by atoms with van der Waals surface area (Å²) in [6.07, 6.45) is 13.9. The van der Waals surface area contributed by atoms with Gasteiger partial charge in [-0.25, -0.2) is 9.37 Å². The van der Waals surface area contributed by atoms with E-state index in [1.54, 1.807) is 18.7 Å². The number of anilines is 2. The molecule has 7 heterocycles. The Morgan fingerprint density at radius 1 is 0.871 bits per heavy atom. The average molecular weight is 841 g/mol. The molecule has 326 valence electrons. The Morgan fingerprint density at radius 2 is 1.61 bits per heavy atom. The van der Waals surface area contributed by atoms with Crippen LogP contribution < -0.4 is 15.1 Å². The maximum atomic E-state index is 15.3. The molecule has 6 aliphatic heterocycles. The Hall–Kier alpha value is -4.68. The van der Waals surface area contributed by atoms with Crippen molar-refractivity contribution in [3.05, 3.63) is 88.4 Å². The molecule has 62 heavy (non-hydrogen) atoms. The van der Waals surface area contributed by atoms with Gasteiger partial charge in [0.1, 0.15) is 17.5 Å². The molecule has 4 saturated heterocycles. The fourth-order valence-electron chi connectivity index (χ4n) is 13.1. The Labute approximate surface area is 365 Å². The number of likely N-dealkylation sites (tertiary alicyclic amines) is 1. The monoisotopic (exact) mass is 840 g/mol. The predicted molar refractivity (Wildman–Crippen MR) is 237 cm³/mol. The minimum Gasteiger partial charge on any atom is -0.371 e. The van der Waals surface area contributed by atoms with Crippen molar-refractivity contribution in [1.82, 2.24) is 30.0 Å². The molecule has 1 N–H and O–H groups in total. The zero-order valence-corrected chi connectivity index (χ0v) is 36.7. The lowest BCUT2D eigenvalue weighted by Gasteiger charge is -2.58. The van der Waals surface area contributed by atoms with E-state index in [0.717, 1.165) is 67.7 Å². The van der Waals surface area contributed by atoms with E-state index < -0.39 is 11.7 Å². The fraction of sp³-hybridized carbons (Fsp3) is 0.580. The van der Waals surface area contributed by atoms with Gasteiger partial charge in [-0.05, 0) is 141 Å². The molecule has 1 saturated carbocycles. The van der Waals surface area contributed by atoms with E-state index in [-0.39, 0.29) is 36.2 Å². The Balaban J connectivity index is 0.648. The molecular weight excluding hydrogens is 780 g/mol.